The third-order valence-corrected chi connectivity index (χ3v) is 3.38. The lowest BCUT2D eigenvalue weighted by molar-refractivity contribution is -0.135. The zero-order chi connectivity index (χ0) is 10.6. The Labute approximate surface area is 86.6 Å². The summed E-state index contributed by atoms with van der Waals surface area (Å²) in [6, 6.07) is 0. The summed E-state index contributed by atoms with van der Waals surface area (Å²) in [4.78, 5) is 13.6. The third kappa shape index (κ3) is 2.71. The van der Waals surface area contributed by atoms with Gasteiger partial charge in [0.1, 0.15) is 0 Å². The maximum atomic E-state index is 11.8. The molecule has 3 heteroatoms. The zero-order valence-corrected chi connectivity index (χ0v) is 9.33. The highest BCUT2D eigenvalue weighted by atomic mass is 16.2. The molecule has 1 aliphatic carbocycles. The minimum atomic E-state index is 0.266. The molecule has 3 nitrogen and oxygen atoms in total. The Morgan fingerprint density at radius 3 is 2.36 bits per heavy atom. The molecule has 0 unspecified atom stereocenters. The summed E-state index contributed by atoms with van der Waals surface area (Å²) in [6.07, 6.45) is 4.32. The van der Waals surface area contributed by atoms with Gasteiger partial charge in [0, 0.05) is 19.5 Å². The summed E-state index contributed by atoms with van der Waals surface area (Å²) in [5.41, 5.74) is 5.62. The molecule has 82 valence electrons. The first-order chi connectivity index (χ1) is 6.69. The molecule has 1 saturated carbocycles. The largest absolute Gasteiger partial charge is 0.346 e. The molecule has 1 fully saturated rings. The topological polar surface area (TPSA) is 46.3 Å². The van der Waals surface area contributed by atoms with Gasteiger partial charge in [-0.1, -0.05) is 0 Å². The normalized spacial score (nSPS) is 27.4. The van der Waals surface area contributed by atoms with Crippen molar-refractivity contribution in [2.75, 3.05) is 20.1 Å². The van der Waals surface area contributed by atoms with Crippen LogP contribution in [0.3, 0.4) is 0 Å². The quantitative estimate of drug-likeness (QED) is 0.741. The minimum Gasteiger partial charge on any atom is -0.346 e. The second-order valence-electron chi connectivity index (χ2n) is 4.31. The van der Waals surface area contributed by atoms with Gasteiger partial charge in [-0.3, -0.25) is 4.79 Å². The van der Waals surface area contributed by atoms with Gasteiger partial charge in [0.15, 0.2) is 0 Å². The van der Waals surface area contributed by atoms with Crippen molar-refractivity contribution in [1.29, 1.82) is 0 Å². The molecule has 0 spiro atoms. The van der Waals surface area contributed by atoms with E-state index in [4.69, 9.17) is 5.73 Å². The van der Waals surface area contributed by atoms with Crippen LogP contribution in [-0.4, -0.2) is 30.9 Å². The smallest absolute Gasteiger partial charge is 0.225 e. The van der Waals surface area contributed by atoms with Crippen LogP contribution in [0.5, 0.6) is 0 Å². The lowest BCUT2D eigenvalue weighted by atomic mass is 9.81. The van der Waals surface area contributed by atoms with Gasteiger partial charge in [-0.25, -0.2) is 0 Å². The van der Waals surface area contributed by atoms with Crippen LogP contribution in [-0.2, 0) is 4.79 Å². The average molecular weight is 198 g/mol. The maximum absolute atomic E-state index is 11.8. The molecule has 14 heavy (non-hydrogen) atoms. The highest BCUT2D eigenvalue weighted by Gasteiger charge is 2.26. The molecule has 1 aliphatic rings. The van der Waals surface area contributed by atoms with Crippen molar-refractivity contribution in [1.82, 2.24) is 4.90 Å². The average Bonchev–Trinajstić information content (AvgIpc) is 2.27. The van der Waals surface area contributed by atoms with E-state index in [2.05, 4.69) is 0 Å². The molecule has 0 aliphatic heterocycles. The van der Waals surface area contributed by atoms with E-state index in [-0.39, 0.29) is 5.92 Å². The fraction of sp³-hybridized carbons (Fsp3) is 0.909. The SMILES string of the molecule is CCN(C)C(=O)C1CCC(CN)CC1. The molecular formula is C11H22N2O. The first-order valence-corrected chi connectivity index (χ1v) is 5.64. The van der Waals surface area contributed by atoms with Crippen molar-refractivity contribution in [3.63, 3.8) is 0 Å². The van der Waals surface area contributed by atoms with Gasteiger partial charge < -0.3 is 10.6 Å². The van der Waals surface area contributed by atoms with Crippen LogP contribution in [0, 0.1) is 11.8 Å². The predicted octanol–water partition coefficient (Wildman–Crippen LogP) is 1.23. The van der Waals surface area contributed by atoms with Crippen LogP contribution in [0.2, 0.25) is 0 Å². The molecule has 0 radical (unpaired) electrons. The molecule has 0 bridgehead atoms. The fourth-order valence-electron chi connectivity index (χ4n) is 2.11. The first-order valence-electron chi connectivity index (χ1n) is 5.64. The van der Waals surface area contributed by atoms with E-state index >= 15 is 0 Å². The summed E-state index contributed by atoms with van der Waals surface area (Å²) < 4.78 is 0. The van der Waals surface area contributed by atoms with E-state index in [9.17, 15) is 4.79 Å². The molecule has 0 aromatic heterocycles. The van der Waals surface area contributed by atoms with E-state index in [1.165, 1.54) is 0 Å². The second-order valence-corrected chi connectivity index (χ2v) is 4.31. The Kier molecular flexibility index (Phi) is 4.39. The molecule has 0 heterocycles. The van der Waals surface area contributed by atoms with Gasteiger partial charge in [0.05, 0.1) is 0 Å². The summed E-state index contributed by atoms with van der Waals surface area (Å²) in [5, 5.41) is 0. The van der Waals surface area contributed by atoms with E-state index < -0.39 is 0 Å². The van der Waals surface area contributed by atoms with Crippen LogP contribution >= 0.6 is 0 Å². The number of hydrogen-bond donors (Lipinski definition) is 1. The molecule has 1 amide bonds. The van der Waals surface area contributed by atoms with E-state index in [0.717, 1.165) is 38.8 Å². The van der Waals surface area contributed by atoms with Gasteiger partial charge in [-0.15, -0.1) is 0 Å². The highest BCUT2D eigenvalue weighted by molar-refractivity contribution is 5.78. The van der Waals surface area contributed by atoms with Gasteiger partial charge >= 0.3 is 0 Å². The van der Waals surface area contributed by atoms with E-state index in [0.29, 0.717) is 11.8 Å². The van der Waals surface area contributed by atoms with Crippen molar-refractivity contribution >= 4 is 5.91 Å². The molecule has 0 saturated heterocycles. The number of carbonyl (C=O) groups excluding carboxylic acids is 1. The van der Waals surface area contributed by atoms with Crippen molar-refractivity contribution in [3.8, 4) is 0 Å². The van der Waals surface area contributed by atoms with Gasteiger partial charge in [0.25, 0.3) is 0 Å². The Morgan fingerprint density at radius 1 is 1.36 bits per heavy atom. The van der Waals surface area contributed by atoms with Crippen LogP contribution in [0.25, 0.3) is 0 Å². The molecule has 0 aromatic carbocycles. The zero-order valence-electron chi connectivity index (χ0n) is 9.33. The predicted molar refractivity (Wildman–Crippen MR) is 57.8 cm³/mol. The standard InChI is InChI=1S/C11H22N2O/c1-3-13(2)11(14)10-6-4-9(8-12)5-7-10/h9-10H,3-8,12H2,1-2H3. The van der Waals surface area contributed by atoms with Crippen molar-refractivity contribution in [2.24, 2.45) is 17.6 Å². The third-order valence-electron chi connectivity index (χ3n) is 3.38. The Bertz CT molecular complexity index is 186. The van der Waals surface area contributed by atoms with Crippen molar-refractivity contribution in [3.05, 3.63) is 0 Å². The number of carbonyl (C=O) groups is 1. The van der Waals surface area contributed by atoms with Crippen molar-refractivity contribution < 1.29 is 4.79 Å². The summed E-state index contributed by atoms with van der Waals surface area (Å²) in [7, 11) is 1.89. The molecular weight excluding hydrogens is 176 g/mol. The first kappa shape index (κ1) is 11.5. The summed E-state index contributed by atoms with van der Waals surface area (Å²) in [5.74, 6) is 1.25. The van der Waals surface area contributed by atoms with E-state index in [1.807, 2.05) is 18.9 Å². The van der Waals surface area contributed by atoms with Crippen LogP contribution in [0.15, 0.2) is 0 Å². The number of nitrogens with two attached hydrogens (primary N) is 1. The van der Waals surface area contributed by atoms with Crippen LogP contribution < -0.4 is 5.73 Å². The number of amides is 1. The molecule has 0 aromatic rings. The molecule has 1 rings (SSSR count). The van der Waals surface area contributed by atoms with Gasteiger partial charge in [0.2, 0.25) is 5.91 Å². The van der Waals surface area contributed by atoms with Crippen LogP contribution in [0.4, 0.5) is 0 Å². The summed E-state index contributed by atoms with van der Waals surface area (Å²) in [6.45, 7) is 3.61. The Balaban J connectivity index is 2.37. The second kappa shape index (κ2) is 5.35. The van der Waals surface area contributed by atoms with E-state index in [1.54, 1.807) is 0 Å². The van der Waals surface area contributed by atoms with Crippen molar-refractivity contribution in [2.45, 2.75) is 32.6 Å². The summed E-state index contributed by atoms with van der Waals surface area (Å²) >= 11 is 0. The monoisotopic (exact) mass is 198 g/mol. The lowest BCUT2D eigenvalue weighted by Gasteiger charge is -2.29. The molecule has 0 atom stereocenters. The maximum Gasteiger partial charge on any atom is 0.225 e. The Morgan fingerprint density at radius 2 is 1.93 bits per heavy atom. The fourth-order valence-corrected chi connectivity index (χ4v) is 2.11. The highest BCUT2D eigenvalue weighted by Crippen LogP contribution is 2.29. The van der Waals surface area contributed by atoms with Gasteiger partial charge in [-0.2, -0.15) is 0 Å². The van der Waals surface area contributed by atoms with Crippen LogP contribution in [0.1, 0.15) is 32.6 Å². The minimum absolute atomic E-state index is 0.266. The number of nitrogens with zero attached hydrogens (tertiary/aromatic N) is 1. The number of hydrogen-bond acceptors (Lipinski definition) is 2. The lowest BCUT2D eigenvalue weighted by Crippen LogP contribution is -2.35. The molecule has 2 N–H and O–H groups in total. The van der Waals surface area contributed by atoms with Gasteiger partial charge in [-0.05, 0) is 45.1 Å². The number of rotatable bonds is 3. The Hall–Kier alpha value is -0.570.